The predicted molar refractivity (Wildman–Crippen MR) is 92.8 cm³/mol. The number of nitriles is 1. The maximum Gasteiger partial charge on any atom is 0.266 e. The van der Waals surface area contributed by atoms with Gasteiger partial charge in [-0.25, -0.2) is 0 Å². The van der Waals surface area contributed by atoms with Crippen molar-refractivity contribution in [2.24, 2.45) is 0 Å². The fraction of sp³-hybridized carbons (Fsp3) is 0. The zero-order chi connectivity index (χ0) is 16.8. The molecule has 4 nitrogen and oxygen atoms in total. The van der Waals surface area contributed by atoms with Crippen LogP contribution in [-0.4, -0.2) is 5.91 Å². The quantitative estimate of drug-likeness (QED) is 0.570. The van der Waals surface area contributed by atoms with Crippen LogP contribution in [0.15, 0.2) is 82.8 Å². The molecule has 0 saturated heterocycles. The molecule has 0 fully saturated rings. The van der Waals surface area contributed by atoms with Gasteiger partial charge in [-0.1, -0.05) is 48.5 Å². The summed E-state index contributed by atoms with van der Waals surface area (Å²) >= 11 is 0. The molecule has 0 aliphatic heterocycles. The molecule has 0 unspecified atom stereocenters. The van der Waals surface area contributed by atoms with Crippen molar-refractivity contribution < 1.29 is 9.21 Å². The second-order valence-corrected chi connectivity index (χ2v) is 5.06. The first-order valence-electron chi connectivity index (χ1n) is 7.40. The van der Waals surface area contributed by atoms with E-state index in [1.165, 1.54) is 6.08 Å². The van der Waals surface area contributed by atoms with Crippen molar-refractivity contribution in [2.45, 2.75) is 0 Å². The molecule has 0 aliphatic rings. The second kappa shape index (κ2) is 7.12. The van der Waals surface area contributed by atoms with E-state index >= 15 is 0 Å². The molecule has 1 aromatic heterocycles. The van der Waals surface area contributed by atoms with Crippen molar-refractivity contribution in [1.29, 1.82) is 5.26 Å². The Morgan fingerprint density at radius 3 is 2.29 bits per heavy atom. The normalized spacial score (nSPS) is 10.9. The lowest BCUT2D eigenvalue weighted by atomic mass is 10.2. The number of anilines is 1. The Balaban J connectivity index is 1.80. The highest BCUT2D eigenvalue weighted by Gasteiger charge is 2.11. The lowest BCUT2D eigenvalue weighted by Gasteiger charge is -2.03. The van der Waals surface area contributed by atoms with Gasteiger partial charge in [-0.05, 0) is 24.3 Å². The van der Waals surface area contributed by atoms with Crippen molar-refractivity contribution in [1.82, 2.24) is 0 Å². The summed E-state index contributed by atoms with van der Waals surface area (Å²) in [6.45, 7) is 0. The fourth-order valence-corrected chi connectivity index (χ4v) is 2.20. The van der Waals surface area contributed by atoms with E-state index in [2.05, 4.69) is 5.32 Å². The third-order valence-corrected chi connectivity index (χ3v) is 3.37. The van der Waals surface area contributed by atoms with Crippen LogP contribution in [-0.2, 0) is 4.79 Å². The highest BCUT2D eigenvalue weighted by Crippen LogP contribution is 2.23. The van der Waals surface area contributed by atoms with Crippen LogP contribution in [0.1, 0.15) is 5.76 Å². The van der Waals surface area contributed by atoms with Gasteiger partial charge in [0.1, 0.15) is 23.2 Å². The van der Waals surface area contributed by atoms with Gasteiger partial charge in [0.25, 0.3) is 5.91 Å². The molecule has 24 heavy (non-hydrogen) atoms. The Morgan fingerprint density at radius 2 is 1.62 bits per heavy atom. The Labute approximate surface area is 139 Å². The van der Waals surface area contributed by atoms with Gasteiger partial charge in [0.05, 0.1) is 0 Å². The molecule has 116 valence electrons. The molecule has 0 saturated carbocycles. The molecule has 0 radical (unpaired) electrons. The predicted octanol–water partition coefficient (Wildman–Crippen LogP) is 4.49. The molecule has 1 amide bonds. The first-order valence-corrected chi connectivity index (χ1v) is 7.40. The number of hydrogen-bond acceptors (Lipinski definition) is 3. The maximum absolute atomic E-state index is 12.2. The topological polar surface area (TPSA) is 66.0 Å². The molecule has 4 heteroatoms. The van der Waals surface area contributed by atoms with Crippen molar-refractivity contribution in [2.75, 3.05) is 5.32 Å². The van der Waals surface area contributed by atoms with Crippen LogP contribution in [0.25, 0.3) is 17.4 Å². The number of nitrogens with zero attached hydrogens (tertiary/aromatic N) is 1. The van der Waals surface area contributed by atoms with E-state index in [-0.39, 0.29) is 5.57 Å². The molecule has 3 rings (SSSR count). The van der Waals surface area contributed by atoms with Gasteiger partial charge in [-0.2, -0.15) is 5.26 Å². The summed E-state index contributed by atoms with van der Waals surface area (Å²) in [4.78, 5) is 12.2. The van der Waals surface area contributed by atoms with Crippen LogP contribution in [0, 0.1) is 11.3 Å². The number of amides is 1. The van der Waals surface area contributed by atoms with E-state index < -0.39 is 5.91 Å². The van der Waals surface area contributed by atoms with E-state index in [9.17, 15) is 10.1 Å². The minimum atomic E-state index is -0.471. The number of furan rings is 1. The molecular weight excluding hydrogens is 300 g/mol. The molecule has 2 aromatic carbocycles. The highest BCUT2D eigenvalue weighted by molar-refractivity contribution is 6.09. The van der Waals surface area contributed by atoms with Gasteiger partial charge < -0.3 is 9.73 Å². The summed E-state index contributed by atoms with van der Waals surface area (Å²) in [5.74, 6) is 0.664. The Hall–Kier alpha value is -3.58. The zero-order valence-corrected chi connectivity index (χ0v) is 12.8. The van der Waals surface area contributed by atoms with Crippen LogP contribution in [0.4, 0.5) is 5.69 Å². The second-order valence-electron chi connectivity index (χ2n) is 5.06. The van der Waals surface area contributed by atoms with Crippen LogP contribution < -0.4 is 5.32 Å². The monoisotopic (exact) mass is 314 g/mol. The molecule has 0 spiro atoms. The van der Waals surface area contributed by atoms with Gasteiger partial charge in [0.2, 0.25) is 0 Å². The molecule has 0 aliphatic carbocycles. The van der Waals surface area contributed by atoms with Gasteiger partial charge in [0.15, 0.2) is 0 Å². The van der Waals surface area contributed by atoms with Gasteiger partial charge in [-0.15, -0.1) is 0 Å². The summed E-state index contributed by atoms with van der Waals surface area (Å²) in [6.07, 6.45) is 1.44. The third-order valence-electron chi connectivity index (χ3n) is 3.37. The Bertz CT molecular complexity index is 904. The van der Waals surface area contributed by atoms with Crippen molar-refractivity contribution in [3.05, 3.63) is 84.1 Å². The summed E-state index contributed by atoms with van der Waals surface area (Å²) in [6, 6.07) is 24.1. The molecule has 1 heterocycles. The number of benzene rings is 2. The van der Waals surface area contributed by atoms with Crippen LogP contribution >= 0.6 is 0 Å². The minimum Gasteiger partial charge on any atom is -0.457 e. The summed E-state index contributed by atoms with van der Waals surface area (Å²) in [5, 5.41) is 11.9. The number of rotatable bonds is 4. The van der Waals surface area contributed by atoms with E-state index in [0.29, 0.717) is 17.2 Å². The Kier molecular flexibility index (Phi) is 4.55. The molecular formula is C20H14N2O2. The summed E-state index contributed by atoms with van der Waals surface area (Å²) in [5.41, 5.74) is 1.55. The number of nitrogens with one attached hydrogen (secondary N) is 1. The van der Waals surface area contributed by atoms with E-state index in [1.54, 1.807) is 18.2 Å². The summed E-state index contributed by atoms with van der Waals surface area (Å²) < 4.78 is 5.69. The summed E-state index contributed by atoms with van der Waals surface area (Å²) in [7, 11) is 0. The van der Waals surface area contributed by atoms with E-state index in [0.717, 1.165) is 5.56 Å². The number of para-hydroxylation sites is 1. The average molecular weight is 314 g/mol. The standard InChI is InChI=1S/C20H14N2O2/c21-14-16(20(23)22-17-9-5-2-6-10-17)13-18-11-12-19(24-18)15-7-3-1-4-8-15/h1-13H,(H,22,23)/b16-13-. The van der Waals surface area contributed by atoms with Crippen molar-refractivity contribution >= 4 is 17.7 Å². The van der Waals surface area contributed by atoms with Gasteiger partial charge in [-0.3, -0.25) is 4.79 Å². The molecule has 0 atom stereocenters. The SMILES string of the molecule is N#C/C(=C/c1ccc(-c2ccccc2)o1)C(=O)Nc1ccccc1. The largest absolute Gasteiger partial charge is 0.457 e. The van der Waals surface area contributed by atoms with Crippen LogP contribution in [0.2, 0.25) is 0 Å². The van der Waals surface area contributed by atoms with Crippen LogP contribution in [0.5, 0.6) is 0 Å². The smallest absolute Gasteiger partial charge is 0.266 e. The van der Waals surface area contributed by atoms with E-state index in [4.69, 9.17) is 4.42 Å². The number of carbonyl (C=O) groups excluding carboxylic acids is 1. The fourth-order valence-electron chi connectivity index (χ4n) is 2.20. The van der Waals surface area contributed by atoms with Crippen molar-refractivity contribution in [3.8, 4) is 17.4 Å². The molecule has 3 aromatic rings. The minimum absolute atomic E-state index is 0.0205. The highest BCUT2D eigenvalue weighted by atomic mass is 16.3. The third kappa shape index (κ3) is 3.60. The lowest BCUT2D eigenvalue weighted by Crippen LogP contribution is -2.13. The number of hydrogen-bond donors (Lipinski definition) is 1. The Morgan fingerprint density at radius 1 is 0.958 bits per heavy atom. The first-order chi connectivity index (χ1) is 11.8. The first kappa shape index (κ1) is 15.3. The van der Waals surface area contributed by atoms with Gasteiger partial charge in [0, 0.05) is 17.3 Å². The van der Waals surface area contributed by atoms with Crippen LogP contribution in [0.3, 0.4) is 0 Å². The maximum atomic E-state index is 12.2. The molecule has 0 bridgehead atoms. The molecule has 1 N–H and O–H groups in total. The zero-order valence-electron chi connectivity index (χ0n) is 12.8. The average Bonchev–Trinajstić information content (AvgIpc) is 3.10. The lowest BCUT2D eigenvalue weighted by molar-refractivity contribution is -0.112. The number of carbonyl (C=O) groups is 1. The van der Waals surface area contributed by atoms with Crippen molar-refractivity contribution in [3.63, 3.8) is 0 Å². The van der Waals surface area contributed by atoms with E-state index in [1.807, 2.05) is 60.7 Å². The van der Waals surface area contributed by atoms with Gasteiger partial charge >= 0.3 is 0 Å².